The highest BCUT2D eigenvalue weighted by atomic mass is 35.5. The highest BCUT2D eigenvalue weighted by molar-refractivity contribution is 6.31. The third kappa shape index (κ3) is 3.44. The fraction of sp³-hybridized carbons (Fsp3) is 0.222. The van der Waals surface area contributed by atoms with Gasteiger partial charge in [0, 0.05) is 24.0 Å². The van der Waals surface area contributed by atoms with Crippen LogP contribution in [0.1, 0.15) is 11.6 Å². The Morgan fingerprint density at radius 3 is 2.83 bits per heavy atom. The number of carbonyl (C=O) groups is 1. The van der Waals surface area contributed by atoms with Crippen molar-refractivity contribution in [3.05, 3.63) is 66.0 Å². The molecule has 0 spiro atoms. The molecule has 1 atom stereocenters. The van der Waals surface area contributed by atoms with Crippen LogP contribution < -0.4 is 0 Å². The summed E-state index contributed by atoms with van der Waals surface area (Å²) in [6.07, 6.45) is 4.83. The number of pyridine rings is 1. The van der Waals surface area contributed by atoms with E-state index in [1.54, 1.807) is 17.3 Å². The van der Waals surface area contributed by atoms with Gasteiger partial charge in [-0.3, -0.25) is 9.78 Å². The molecule has 1 saturated heterocycles. The Hall–Kier alpha value is -2.17. The predicted molar refractivity (Wildman–Crippen MR) is 90.2 cm³/mol. The fourth-order valence-corrected chi connectivity index (χ4v) is 3.02. The third-order valence-electron chi connectivity index (χ3n) is 3.90. The molecule has 1 fully saturated rings. The number of carbonyl (C=O) groups excluding carboxylic acids is 1. The zero-order valence-electron chi connectivity index (χ0n) is 12.6. The number of amides is 1. The van der Waals surface area contributed by atoms with E-state index in [1.165, 1.54) is 6.08 Å². The highest BCUT2D eigenvalue weighted by Gasteiger charge is 2.27. The zero-order chi connectivity index (χ0) is 16.2. The van der Waals surface area contributed by atoms with Gasteiger partial charge in [0.1, 0.15) is 0 Å². The summed E-state index contributed by atoms with van der Waals surface area (Å²) in [5, 5.41) is 0.630. The van der Waals surface area contributed by atoms with Crippen LogP contribution in [0.4, 0.5) is 0 Å². The van der Waals surface area contributed by atoms with Gasteiger partial charge in [0.15, 0.2) is 0 Å². The van der Waals surface area contributed by atoms with Crippen molar-refractivity contribution in [3.63, 3.8) is 0 Å². The second-order valence-electron chi connectivity index (χ2n) is 5.34. The number of morpholine rings is 1. The van der Waals surface area contributed by atoms with Gasteiger partial charge in [-0.2, -0.15) is 0 Å². The summed E-state index contributed by atoms with van der Waals surface area (Å²) in [4.78, 5) is 17.9. The standard InChI is InChI=1S/C18H17ClN2O2/c1-2-18(22)21-7-8-23-12-17(21)15-9-14(10-16(19)11-15)13-3-5-20-6-4-13/h2-6,9-11,17H,1,7-8,12H2/t17-/m0/s1. The minimum absolute atomic E-state index is 0.0938. The normalized spacial score (nSPS) is 17.8. The summed E-state index contributed by atoms with van der Waals surface area (Å²) in [5.74, 6) is -0.0938. The Balaban J connectivity index is 2.00. The lowest BCUT2D eigenvalue weighted by Crippen LogP contribution is -2.42. The molecule has 0 bridgehead atoms. The summed E-state index contributed by atoms with van der Waals surface area (Å²) < 4.78 is 5.57. The molecule has 1 aromatic carbocycles. The topological polar surface area (TPSA) is 42.4 Å². The molecule has 0 aliphatic carbocycles. The fourth-order valence-electron chi connectivity index (χ4n) is 2.78. The smallest absolute Gasteiger partial charge is 0.246 e. The molecule has 1 aliphatic heterocycles. The summed E-state index contributed by atoms with van der Waals surface area (Å²) in [6.45, 7) is 5.12. The van der Waals surface area contributed by atoms with Gasteiger partial charge in [0.05, 0.1) is 19.3 Å². The summed E-state index contributed by atoms with van der Waals surface area (Å²) in [6, 6.07) is 9.54. The molecular weight excluding hydrogens is 312 g/mol. The lowest BCUT2D eigenvalue weighted by atomic mass is 9.98. The van der Waals surface area contributed by atoms with Gasteiger partial charge in [-0.1, -0.05) is 18.2 Å². The SMILES string of the molecule is C=CC(=O)N1CCOC[C@H]1c1cc(Cl)cc(-c2ccncc2)c1. The van der Waals surface area contributed by atoms with Gasteiger partial charge in [-0.25, -0.2) is 0 Å². The minimum atomic E-state index is -0.159. The van der Waals surface area contributed by atoms with Crippen molar-refractivity contribution in [1.29, 1.82) is 0 Å². The zero-order valence-corrected chi connectivity index (χ0v) is 13.4. The molecule has 1 amide bonds. The van der Waals surface area contributed by atoms with E-state index in [0.29, 0.717) is 24.8 Å². The molecule has 23 heavy (non-hydrogen) atoms. The Bertz CT molecular complexity index is 718. The number of nitrogens with zero attached hydrogens (tertiary/aromatic N) is 2. The van der Waals surface area contributed by atoms with Crippen LogP contribution in [-0.4, -0.2) is 35.5 Å². The Kier molecular flexibility index (Phi) is 4.74. The Morgan fingerprint density at radius 2 is 2.09 bits per heavy atom. The number of hydrogen-bond acceptors (Lipinski definition) is 3. The molecule has 1 aromatic heterocycles. The molecule has 3 rings (SSSR count). The maximum atomic E-state index is 12.1. The van der Waals surface area contributed by atoms with Gasteiger partial charge in [-0.15, -0.1) is 0 Å². The number of hydrogen-bond donors (Lipinski definition) is 0. The molecule has 1 aliphatic rings. The van der Waals surface area contributed by atoms with Gasteiger partial charge >= 0.3 is 0 Å². The van der Waals surface area contributed by atoms with Crippen molar-refractivity contribution >= 4 is 17.5 Å². The Labute approximate surface area is 140 Å². The molecule has 0 radical (unpaired) electrons. The molecule has 0 saturated carbocycles. The van der Waals surface area contributed by atoms with Crippen molar-refractivity contribution in [2.45, 2.75) is 6.04 Å². The van der Waals surface area contributed by atoms with E-state index in [-0.39, 0.29) is 11.9 Å². The quantitative estimate of drug-likeness (QED) is 0.810. The minimum Gasteiger partial charge on any atom is -0.377 e. The lowest BCUT2D eigenvalue weighted by molar-refractivity contribution is -0.134. The van der Waals surface area contributed by atoms with Crippen molar-refractivity contribution in [2.24, 2.45) is 0 Å². The molecule has 0 N–H and O–H groups in total. The summed E-state index contributed by atoms with van der Waals surface area (Å²) in [7, 11) is 0. The Morgan fingerprint density at radius 1 is 1.30 bits per heavy atom. The maximum absolute atomic E-state index is 12.1. The number of ether oxygens (including phenoxy) is 1. The van der Waals surface area contributed by atoms with Gasteiger partial charge in [0.2, 0.25) is 5.91 Å². The van der Waals surface area contributed by atoms with Gasteiger partial charge in [-0.05, 0) is 53.1 Å². The van der Waals surface area contributed by atoms with E-state index in [1.807, 2.05) is 30.3 Å². The first-order valence-corrected chi connectivity index (χ1v) is 7.78. The van der Waals surface area contributed by atoms with Crippen LogP contribution in [0.15, 0.2) is 55.4 Å². The van der Waals surface area contributed by atoms with Gasteiger partial charge < -0.3 is 9.64 Å². The number of benzene rings is 1. The van der Waals surface area contributed by atoms with E-state index in [4.69, 9.17) is 16.3 Å². The summed E-state index contributed by atoms with van der Waals surface area (Å²) in [5.41, 5.74) is 2.98. The molecule has 5 heteroatoms. The monoisotopic (exact) mass is 328 g/mol. The molecule has 0 unspecified atom stereocenters. The van der Waals surface area contributed by atoms with E-state index < -0.39 is 0 Å². The average Bonchev–Trinajstić information content (AvgIpc) is 2.61. The second kappa shape index (κ2) is 6.94. The number of rotatable bonds is 3. The van der Waals surface area contributed by atoms with Gasteiger partial charge in [0.25, 0.3) is 0 Å². The number of halogens is 1. The van der Waals surface area contributed by atoms with Crippen LogP contribution >= 0.6 is 11.6 Å². The first-order valence-electron chi connectivity index (χ1n) is 7.40. The largest absolute Gasteiger partial charge is 0.377 e. The predicted octanol–water partition coefficient (Wildman–Crippen LogP) is 3.49. The second-order valence-corrected chi connectivity index (χ2v) is 5.77. The van der Waals surface area contributed by atoms with Crippen molar-refractivity contribution < 1.29 is 9.53 Å². The van der Waals surface area contributed by atoms with Crippen molar-refractivity contribution in [3.8, 4) is 11.1 Å². The van der Waals surface area contributed by atoms with Crippen LogP contribution in [0, 0.1) is 0 Å². The average molecular weight is 329 g/mol. The summed E-state index contributed by atoms with van der Waals surface area (Å²) >= 11 is 6.30. The first kappa shape index (κ1) is 15.7. The number of aromatic nitrogens is 1. The van der Waals surface area contributed by atoms with E-state index in [0.717, 1.165) is 16.7 Å². The maximum Gasteiger partial charge on any atom is 0.246 e. The van der Waals surface area contributed by atoms with E-state index in [9.17, 15) is 4.79 Å². The van der Waals surface area contributed by atoms with Crippen LogP contribution in [0.3, 0.4) is 0 Å². The van der Waals surface area contributed by atoms with Crippen molar-refractivity contribution in [1.82, 2.24) is 9.88 Å². The molecule has 2 aromatic rings. The van der Waals surface area contributed by atoms with Crippen LogP contribution in [0.5, 0.6) is 0 Å². The van der Waals surface area contributed by atoms with E-state index in [2.05, 4.69) is 11.6 Å². The van der Waals surface area contributed by atoms with Crippen molar-refractivity contribution in [2.75, 3.05) is 19.8 Å². The highest BCUT2D eigenvalue weighted by Crippen LogP contribution is 2.31. The molecule has 2 heterocycles. The van der Waals surface area contributed by atoms with E-state index >= 15 is 0 Å². The van der Waals surface area contributed by atoms with Crippen LogP contribution in [-0.2, 0) is 9.53 Å². The third-order valence-corrected chi connectivity index (χ3v) is 4.12. The first-order chi connectivity index (χ1) is 11.2. The molecule has 118 valence electrons. The van der Waals surface area contributed by atoms with Crippen LogP contribution in [0.2, 0.25) is 5.02 Å². The molecule has 4 nitrogen and oxygen atoms in total. The lowest BCUT2D eigenvalue weighted by Gasteiger charge is -2.35. The van der Waals surface area contributed by atoms with Crippen LogP contribution in [0.25, 0.3) is 11.1 Å². The molecular formula is C18H17ClN2O2.